The zero-order valence-corrected chi connectivity index (χ0v) is 20.3. The predicted octanol–water partition coefficient (Wildman–Crippen LogP) is 2.34. The second-order valence-corrected chi connectivity index (χ2v) is 9.90. The van der Waals surface area contributed by atoms with E-state index in [4.69, 9.17) is 0 Å². The van der Waals surface area contributed by atoms with Gasteiger partial charge in [-0.1, -0.05) is 0 Å². The predicted molar refractivity (Wildman–Crippen MR) is 134 cm³/mol. The van der Waals surface area contributed by atoms with Crippen molar-refractivity contribution in [1.82, 2.24) is 29.2 Å². The fourth-order valence-electron chi connectivity index (χ4n) is 4.88. The molecule has 4 aromatic rings. The number of aromatic nitrogens is 5. The topological polar surface area (TPSA) is 121 Å². The Kier molecular flexibility index (Phi) is 5.59. The van der Waals surface area contributed by atoms with Crippen LogP contribution in [0.15, 0.2) is 42.9 Å². The van der Waals surface area contributed by atoms with Crippen LogP contribution in [0.1, 0.15) is 34.5 Å². The van der Waals surface area contributed by atoms with Crippen LogP contribution < -0.4 is 5.32 Å². The van der Waals surface area contributed by atoms with Crippen molar-refractivity contribution in [1.29, 1.82) is 0 Å². The normalized spacial score (nSPS) is 20.3. The van der Waals surface area contributed by atoms with Gasteiger partial charge in [-0.2, -0.15) is 10.1 Å². The first kappa shape index (κ1) is 22.8. The Labute approximate surface area is 208 Å². The highest BCUT2D eigenvalue weighted by Gasteiger charge is 2.32. The number of anilines is 2. The van der Waals surface area contributed by atoms with E-state index in [1.807, 2.05) is 54.0 Å². The van der Waals surface area contributed by atoms with Gasteiger partial charge in [0.25, 0.3) is 0 Å². The molecule has 3 aromatic heterocycles. The summed E-state index contributed by atoms with van der Waals surface area (Å²) in [6, 6.07) is 7.73. The lowest BCUT2D eigenvalue weighted by Gasteiger charge is -2.13. The Morgan fingerprint density at radius 2 is 1.92 bits per heavy atom. The highest BCUT2D eigenvalue weighted by Crippen LogP contribution is 2.36. The summed E-state index contributed by atoms with van der Waals surface area (Å²) in [6.07, 6.45) is 6.05. The van der Waals surface area contributed by atoms with Crippen LogP contribution in [-0.4, -0.2) is 70.5 Å². The molecule has 0 bridgehead atoms. The van der Waals surface area contributed by atoms with Gasteiger partial charge >= 0.3 is 0 Å². The van der Waals surface area contributed by atoms with E-state index in [1.165, 1.54) is 0 Å². The molecule has 186 valence electrons. The molecule has 1 aliphatic carbocycles. The highest BCUT2D eigenvalue weighted by atomic mass is 16.3. The smallest absolute Gasteiger partial charge is 0.229 e. The van der Waals surface area contributed by atoms with Crippen LogP contribution in [0.25, 0.3) is 16.7 Å². The molecule has 10 nitrogen and oxygen atoms in total. The van der Waals surface area contributed by atoms with E-state index < -0.39 is 12.2 Å². The zero-order valence-electron chi connectivity index (χ0n) is 20.3. The Balaban J connectivity index is 1.23. The van der Waals surface area contributed by atoms with Crippen molar-refractivity contribution >= 4 is 28.3 Å². The molecule has 2 atom stereocenters. The SMILES string of the molecule is Cc1nn(-c2ccnc(Nc3ccc4c(c3)c(C(=O)C3CC3)cn4C)n2)cc1CN1C[C@H](O)[C@@H](O)C1. The number of carbonyl (C=O) groups excluding carboxylic acids is 1. The van der Waals surface area contributed by atoms with Gasteiger partial charge in [-0.15, -0.1) is 0 Å². The number of aliphatic hydroxyl groups is 2. The maximum atomic E-state index is 12.8. The Hall–Kier alpha value is -3.60. The lowest BCUT2D eigenvalue weighted by molar-refractivity contribution is 0.0572. The second kappa shape index (κ2) is 8.81. The van der Waals surface area contributed by atoms with Crippen LogP contribution in [-0.2, 0) is 13.6 Å². The molecular weight excluding hydrogens is 458 g/mol. The molecule has 10 heteroatoms. The molecular formula is C26H29N7O3. The van der Waals surface area contributed by atoms with Crippen molar-refractivity contribution in [3.63, 3.8) is 0 Å². The van der Waals surface area contributed by atoms with Gasteiger partial charge in [0.2, 0.25) is 5.95 Å². The maximum absolute atomic E-state index is 12.8. The van der Waals surface area contributed by atoms with Crippen LogP contribution in [0, 0.1) is 12.8 Å². The van der Waals surface area contributed by atoms with Crippen LogP contribution in [0.2, 0.25) is 0 Å². The Morgan fingerprint density at radius 1 is 1.14 bits per heavy atom. The van der Waals surface area contributed by atoms with Crippen molar-refractivity contribution < 1.29 is 15.0 Å². The van der Waals surface area contributed by atoms with Gasteiger partial charge in [-0.3, -0.25) is 9.69 Å². The molecule has 0 spiro atoms. The van der Waals surface area contributed by atoms with Crippen molar-refractivity contribution in [3.05, 3.63) is 59.7 Å². The van der Waals surface area contributed by atoms with Crippen LogP contribution in [0.4, 0.5) is 11.6 Å². The van der Waals surface area contributed by atoms with E-state index in [0.29, 0.717) is 31.4 Å². The molecule has 1 saturated heterocycles. The monoisotopic (exact) mass is 487 g/mol. The summed E-state index contributed by atoms with van der Waals surface area (Å²) < 4.78 is 3.71. The first-order chi connectivity index (χ1) is 17.4. The standard InChI is InChI=1S/C26H29N7O3/c1-15-17(10-32-13-22(34)23(35)14-32)11-33(30-15)24-7-8-27-26(29-24)28-18-5-6-21-19(9-18)20(12-31(21)2)25(36)16-3-4-16/h5-9,11-12,16,22-23,34-35H,3-4,10,13-14H2,1-2H3,(H,27,28,29)/t22-,23-/m0/s1. The largest absolute Gasteiger partial charge is 0.389 e. The first-order valence-electron chi connectivity index (χ1n) is 12.2. The molecule has 36 heavy (non-hydrogen) atoms. The fraction of sp³-hybridized carbons (Fsp3) is 0.385. The van der Waals surface area contributed by atoms with E-state index >= 15 is 0 Å². The fourth-order valence-corrected chi connectivity index (χ4v) is 4.88. The third-order valence-corrected chi connectivity index (χ3v) is 7.06. The van der Waals surface area contributed by atoms with Gasteiger partial charge in [0.05, 0.1) is 17.9 Å². The highest BCUT2D eigenvalue weighted by molar-refractivity contribution is 6.10. The number of aliphatic hydroxyl groups excluding tert-OH is 2. The quantitative estimate of drug-likeness (QED) is 0.340. The van der Waals surface area contributed by atoms with E-state index in [1.54, 1.807) is 16.9 Å². The molecule has 0 radical (unpaired) electrons. The lowest BCUT2D eigenvalue weighted by Crippen LogP contribution is -2.22. The number of aryl methyl sites for hydroxylation is 2. The average molecular weight is 488 g/mol. The van der Waals surface area contributed by atoms with Gasteiger partial charge < -0.3 is 20.1 Å². The summed E-state index contributed by atoms with van der Waals surface area (Å²) in [6.45, 7) is 3.40. The van der Waals surface area contributed by atoms with Gasteiger partial charge in [0.1, 0.15) is 0 Å². The number of hydrogen-bond acceptors (Lipinski definition) is 8. The number of fused-ring (bicyclic) bond motifs is 1. The molecule has 4 heterocycles. The molecule has 0 unspecified atom stereocenters. The summed E-state index contributed by atoms with van der Waals surface area (Å²) in [7, 11) is 1.96. The van der Waals surface area contributed by atoms with Crippen molar-refractivity contribution in [2.75, 3.05) is 18.4 Å². The van der Waals surface area contributed by atoms with Crippen molar-refractivity contribution in [3.8, 4) is 5.82 Å². The molecule has 0 amide bonds. The molecule has 1 aromatic carbocycles. The van der Waals surface area contributed by atoms with Gasteiger partial charge in [-0.25, -0.2) is 9.67 Å². The van der Waals surface area contributed by atoms with Crippen molar-refractivity contribution in [2.24, 2.45) is 13.0 Å². The molecule has 2 fully saturated rings. The summed E-state index contributed by atoms with van der Waals surface area (Å²) in [4.78, 5) is 23.8. The molecule has 1 saturated carbocycles. The minimum absolute atomic E-state index is 0.162. The number of ketones is 1. The maximum Gasteiger partial charge on any atom is 0.229 e. The molecule has 2 aliphatic rings. The van der Waals surface area contributed by atoms with E-state index in [9.17, 15) is 15.0 Å². The lowest BCUT2D eigenvalue weighted by atomic mass is 10.1. The second-order valence-electron chi connectivity index (χ2n) is 9.90. The number of carbonyl (C=O) groups is 1. The third kappa shape index (κ3) is 4.27. The van der Waals surface area contributed by atoms with Gasteiger partial charge in [-0.05, 0) is 38.0 Å². The Bertz CT molecular complexity index is 1450. The molecule has 1 aliphatic heterocycles. The average Bonchev–Trinajstić information content (AvgIpc) is 3.48. The number of nitrogens with zero attached hydrogens (tertiary/aromatic N) is 6. The van der Waals surface area contributed by atoms with Crippen molar-refractivity contribution in [2.45, 2.75) is 38.5 Å². The number of nitrogens with one attached hydrogen (secondary N) is 1. The number of likely N-dealkylation sites (tertiary alicyclic amines) is 1. The van der Waals surface area contributed by atoms with Crippen LogP contribution >= 0.6 is 0 Å². The number of β-amino-alcohol motifs (C(OH)–C–C–N with tert-alkyl or cyclic N) is 2. The number of benzene rings is 1. The van der Waals surface area contributed by atoms with Gasteiger partial charge in [0, 0.05) is 85.0 Å². The van der Waals surface area contributed by atoms with E-state index in [2.05, 4.69) is 20.4 Å². The minimum Gasteiger partial charge on any atom is -0.389 e. The summed E-state index contributed by atoms with van der Waals surface area (Å²) in [5.41, 5.74) is 4.45. The molecule has 6 rings (SSSR count). The van der Waals surface area contributed by atoms with Gasteiger partial charge in [0.15, 0.2) is 11.6 Å². The first-order valence-corrected chi connectivity index (χ1v) is 12.2. The Morgan fingerprint density at radius 3 is 2.67 bits per heavy atom. The van der Waals surface area contributed by atoms with Crippen LogP contribution in [0.5, 0.6) is 0 Å². The van der Waals surface area contributed by atoms with E-state index in [-0.39, 0.29) is 11.7 Å². The molecule has 3 N–H and O–H groups in total. The summed E-state index contributed by atoms with van der Waals surface area (Å²) >= 11 is 0. The van der Waals surface area contributed by atoms with E-state index in [0.717, 1.165) is 46.3 Å². The number of rotatable bonds is 7. The minimum atomic E-state index is -0.714. The van der Waals surface area contributed by atoms with Crippen LogP contribution in [0.3, 0.4) is 0 Å². The summed E-state index contributed by atoms with van der Waals surface area (Å²) in [5, 5.41) is 28.5. The summed E-state index contributed by atoms with van der Waals surface area (Å²) in [5.74, 6) is 1.43. The zero-order chi connectivity index (χ0) is 25.0. The number of hydrogen-bond donors (Lipinski definition) is 3. The third-order valence-electron chi connectivity index (χ3n) is 7.06. The number of Topliss-reactive ketones (excluding diaryl/α,β-unsaturated/α-hetero) is 1.